The van der Waals surface area contributed by atoms with Gasteiger partial charge in [0.15, 0.2) is 5.75 Å². The number of aromatic amines is 1. The van der Waals surface area contributed by atoms with Gasteiger partial charge in [-0.2, -0.15) is 11.3 Å². The molecule has 0 fully saturated rings. The van der Waals surface area contributed by atoms with Crippen LogP contribution in [0.4, 0.5) is 0 Å². The Kier molecular flexibility index (Phi) is 4.81. The standard InChI is InChI=1S/C24H17ClN2O3S/c1-30-18-4-2-3-15(11-18)21-23(28)22-19(26-24(21)29)12-20(25)27(22)17-7-5-14(6-8-17)16-9-10-31-13-16/h2-13H,1H3,(H2,26,28,29). The van der Waals surface area contributed by atoms with Gasteiger partial charge in [-0.15, -0.1) is 0 Å². The van der Waals surface area contributed by atoms with Gasteiger partial charge >= 0.3 is 0 Å². The zero-order valence-corrected chi connectivity index (χ0v) is 18.0. The summed E-state index contributed by atoms with van der Waals surface area (Å²) in [6, 6.07) is 18.6. The fraction of sp³-hybridized carbons (Fsp3) is 0.0417. The summed E-state index contributed by atoms with van der Waals surface area (Å²) in [6.45, 7) is 0. The minimum absolute atomic E-state index is 0.138. The molecule has 0 radical (unpaired) electrons. The molecule has 7 heteroatoms. The number of aromatic hydroxyl groups is 1. The SMILES string of the molecule is COc1cccc(-c2c(O)c3c(cc(Cl)n3-c3ccc(-c4ccsc4)cc3)[nH]c2=O)c1. The van der Waals surface area contributed by atoms with Gasteiger partial charge in [-0.05, 0) is 63.8 Å². The number of ether oxygens (including phenoxy) is 1. The molecule has 0 saturated carbocycles. The zero-order valence-electron chi connectivity index (χ0n) is 16.4. The molecule has 0 aliphatic heterocycles. The molecule has 0 aliphatic rings. The van der Waals surface area contributed by atoms with E-state index in [-0.39, 0.29) is 11.3 Å². The third-order valence-corrected chi connectivity index (χ3v) is 6.19. The summed E-state index contributed by atoms with van der Waals surface area (Å²) in [5, 5.41) is 15.7. The molecule has 2 aromatic carbocycles. The molecule has 0 atom stereocenters. The Morgan fingerprint density at radius 3 is 2.55 bits per heavy atom. The van der Waals surface area contributed by atoms with E-state index in [1.165, 1.54) is 0 Å². The molecule has 154 valence electrons. The first kappa shape index (κ1) is 19.5. The highest BCUT2D eigenvalue weighted by Gasteiger charge is 2.20. The maximum atomic E-state index is 12.8. The third-order valence-electron chi connectivity index (χ3n) is 5.23. The number of fused-ring (bicyclic) bond motifs is 1. The summed E-state index contributed by atoms with van der Waals surface area (Å²) >= 11 is 8.17. The van der Waals surface area contributed by atoms with E-state index < -0.39 is 5.56 Å². The topological polar surface area (TPSA) is 67.2 Å². The Hall–Kier alpha value is -3.48. The molecule has 5 aromatic rings. The first-order chi connectivity index (χ1) is 15.1. The summed E-state index contributed by atoms with van der Waals surface area (Å²) in [7, 11) is 1.55. The van der Waals surface area contributed by atoms with E-state index in [1.807, 2.05) is 29.6 Å². The number of thiophene rings is 1. The van der Waals surface area contributed by atoms with Crippen molar-refractivity contribution in [2.75, 3.05) is 7.11 Å². The van der Waals surface area contributed by atoms with Crippen LogP contribution in [0.15, 0.2) is 76.2 Å². The number of nitrogens with one attached hydrogen (secondary N) is 1. The lowest BCUT2D eigenvalue weighted by Crippen LogP contribution is -2.10. The van der Waals surface area contributed by atoms with Gasteiger partial charge in [0.1, 0.15) is 16.4 Å². The quantitative estimate of drug-likeness (QED) is 0.350. The molecule has 3 heterocycles. The normalized spacial score (nSPS) is 11.2. The lowest BCUT2D eigenvalue weighted by Gasteiger charge is -2.12. The number of benzene rings is 2. The number of rotatable bonds is 4. The predicted molar refractivity (Wildman–Crippen MR) is 126 cm³/mol. The molecule has 0 unspecified atom stereocenters. The number of H-pyrrole nitrogens is 1. The van der Waals surface area contributed by atoms with Gasteiger partial charge in [0.05, 0.1) is 18.2 Å². The van der Waals surface area contributed by atoms with Crippen molar-refractivity contribution in [1.29, 1.82) is 0 Å². The van der Waals surface area contributed by atoms with Crippen LogP contribution in [-0.2, 0) is 0 Å². The van der Waals surface area contributed by atoms with Crippen LogP contribution in [0.25, 0.3) is 39.0 Å². The van der Waals surface area contributed by atoms with Crippen molar-refractivity contribution in [2.45, 2.75) is 0 Å². The van der Waals surface area contributed by atoms with Gasteiger partial charge in [-0.25, -0.2) is 0 Å². The fourth-order valence-electron chi connectivity index (χ4n) is 3.75. The van der Waals surface area contributed by atoms with E-state index in [9.17, 15) is 9.90 Å². The highest BCUT2D eigenvalue weighted by molar-refractivity contribution is 7.08. The molecule has 0 aliphatic carbocycles. The van der Waals surface area contributed by atoms with Crippen LogP contribution in [0.2, 0.25) is 5.15 Å². The van der Waals surface area contributed by atoms with E-state index in [0.29, 0.717) is 27.5 Å². The van der Waals surface area contributed by atoms with Crippen molar-refractivity contribution in [2.24, 2.45) is 0 Å². The first-order valence-corrected chi connectivity index (χ1v) is 10.8. The average molecular weight is 449 g/mol. The summed E-state index contributed by atoms with van der Waals surface area (Å²) in [4.78, 5) is 15.6. The van der Waals surface area contributed by atoms with E-state index >= 15 is 0 Å². The molecule has 5 nitrogen and oxygen atoms in total. The van der Waals surface area contributed by atoms with Crippen molar-refractivity contribution in [3.8, 4) is 39.4 Å². The smallest absolute Gasteiger partial charge is 0.260 e. The van der Waals surface area contributed by atoms with E-state index in [2.05, 4.69) is 16.4 Å². The van der Waals surface area contributed by atoms with Crippen molar-refractivity contribution >= 4 is 34.0 Å². The molecule has 0 amide bonds. The largest absolute Gasteiger partial charge is 0.505 e. The molecular formula is C24H17ClN2O3S. The molecule has 0 spiro atoms. The van der Waals surface area contributed by atoms with Crippen LogP contribution in [0.3, 0.4) is 0 Å². The van der Waals surface area contributed by atoms with Crippen molar-refractivity contribution in [3.63, 3.8) is 0 Å². The molecule has 31 heavy (non-hydrogen) atoms. The highest BCUT2D eigenvalue weighted by atomic mass is 35.5. The van der Waals surface area contributed by atoms with Crippen molar-refractivity contribution in [1.82, 2.24) is 9.55 Å². The minimum atomic E-state index is -0.403. The summed E-state index contributed by atoms with van der Waals surface area (Å²) in [5.74, 6) is 0.453. The maximum absolute atomic E-state index is 12.8. The Labute approximate surface area is 186 Å². The zero-order chi connectivity index (χ0) is 21.5. The fourth-order valence-corrected chi connectivity index (χ4v) is 4.71. The summed E-state index contributed by atoms with van der Waals surface area (Å²) in [6.07, 6.45) is 0. The average Bonchev–Trinajstić information content (AvgIpc) is 3.42. The van der Waals surface area contributed by atoms with Crippen molar-refractivity contribution in [3.05, 3.63) is 86.9 Å². The number of pyridine rings is 1. The monoisotopic (exact) mass is 448 g/mol. The molecular weight excluding hydrogens is 432 g/mol. The van der Waals surface area contributed by atoms with Crippen LogP contribution in [0, 0.1) is 0 Å². The van der Waals surface area contributed by atoms with Crippen LogP contribution in [-0.4, -0.2) is 21.8 Å². The van der Waals surface area contributed by atoms with E-state index in [4.69, 9.17) is 16.3 Å². The summed E-state index contributed by atoms with van der Waals surface area (Å²) in [5.41, 5.74) is 4.22. The third kappa shape index (κ3) is 3.30. The first-order valence-electron chi connectivity index (χ1n) is 9.50. The minimum Gasteiger partial charge on any atom is -0.505 e. The molecule has 5 rings (SSSR count). The van der Waals surface area contributed by atoms with Crippen molar-refractivity contribution < 1.29 is 9.84 Å². The Balaban J connectivity index is 1.71. The van der Waals surface area contributed by atoms with Gasteiger partial charge in [0.25, 0.3) is 5.56 Å². The van der Waals surface area contributed by atoms with Gasteiger partial charge in [-0.3, -0.25) is 9.36 Å². The number of methoxy groups -OCH3 is 1. The molecule has 2 N–H and O–H groups in total. The number of halogens is 1. The lowest BCUT2D eigenvalue weighted by atomic mass is 10.1. The predicted octanol–water partition coefficient (Wildman–Crippen LogP) is 6.08. The van der Waals surface area contributed by atoms with Gasteiger partial charge in [-0.1, -0.05) is 35.9 Å². The van der Waals surface area contributed by atoms with Crippen LogP contribution < -0.4 is 10.3 Å². The lowest BCUT2D eigenvalue weighted by molar-refractivity contribution is 0.415. The second-order valence-electron chi connectivity index (χ2n) is 7.03. The molecule has 0 bridgehead atoms. The molecule has 3 aromatic heterocycles. The Morgan fingerprint density at radius 1 is 1.03 bits per heavy atom. The number of hydrogen-bond donors (Lipinski definition) is 2. The number of aromatic nitrogens is 2. The van der Waals surface area contributed by atoms with Gasteiger partial charge < -0.3 is 14.8 Å². The highest BCUT2D eigenvalue weighted by Crippen LogP contribution is 2.38. The molecule has 0 saturated heterocycles. The Bertz CT molecular complexity index is 1450. The number of hydrogen-bond acceptors (Lipinski definition) is 4. The second-order valence-corrected chi connectivity index (χ2v) is 8.20. The Morgan fingerprint density at radius 2 is 1.84 bits per heavy atom. The van der Waals surface area contributed by atoms with Crippen LogP contribution in [0.1, 0.15) is 0 Å². The second kappa shape index (κ2) is 7.65. The van der Waals surface area contributed by atoms with Crippen LogP contribution in [0.5, 0.6) is 11.5 Å². The van der Waals surface area contributed by atoms with Gasteiger partial charge in [0.2, 0.25) is 0 Å². The van der Waals surface area contributed by atoms with E-state index in [0.717, 1.165) is 16.8 Å². The van der Waals surface area contributed by atoms with Crippen LogP contribution >= 0.6 is 22.9 Å². The van der Waals surface area contributed by atoms with E-state index in [1.54, 1.807) is 53.3 Å². The maximum Gasteiger partial charge on any atom is 0.260 e. The number of nitrogens with zero attached hydrogens (tertiary/aromatic N) is 1. The van der Waals surface area contributed by atoms with Gasteiger partial charge in [0, 0.05) is 5.69 Å². The summed E-state index contributed by atoms with van der Waals surface area (Å²) < 4.78 is 6.99.